The molecular weight excluding hydrogens is 174 g/mol. The molecule has 1 aliphatic rings. The lowest BCUT2D eigenvalue weighted by Gasteiger charge is -2.18. The van der Waals surface area contributed by atoms with Gasteiger partial charge < -0.3 is 0 Å². The number of rotatable bonds is 2. The van der Waals surface area contributed by atoms with Crippen LogP contribution in [0, 0.1) is 5.92 Å². The Morgan fingerprint density at radius 1 is 1.50 bits per heavy atom. The summed E-state index contributed by atoms with van der Waals surface area (Å²) in [5.41, 5.74) is 0. The van der Waals surface area contributed by atoms with Crippen LogP contribution < -0.4 is 0 Å². The van der Waals surface area contributed by atoms with Crippen molar-refractivity contribution in [3.63, 3.8) is 0 Å². The minimum Gasteiger partial charge on any atom is -0.272 e. The number of nitrogens with zero attached hydrogens (tertiary/aromatic N) is 1. The van der Waals surface area contributed by atoms with E-state index in [-0.39, 0.29) is 5.91 Å². The van der Waals surface area contributed by atoms with Crippen molar-refractivity contribution in [2.75, 3.05) is 11.5 Å². The van der Waals surface area contributed by atoms with E-state index in [0.29, 0.717) is 12.3 Å². The largest absolute Gasteiger partial charge is 0.272 e. The van der Waals surface area contributed by atoms with E-state index < -0.39 is 0 Å². The lowest BCUT2D eigenvalue weighted by molar-refractivity contribution is -0.118. The molecule has 0 aromatic carbocycles. The van der Waals surface area contributed by atoms with Gasteiger partial charge in [-0.25, -0.2) is 4.79 Å². The van der Waals surface area contributed by atoms with E-state index in [2.05, 4.69) is 4.99 Å². The van der Waals surface area contributed by atoms with Crippen LogP contribution in [0.1, 0.15) is 19.3 Å². The average molecular weight is 185 g/mol. The number of carbonyl (C=O) groups is 1. The Morgan fingerprint density at radius 2 is 2.17 bits per heavy atom. The van der Waals surface area contributed by atoms with Crippen molar-refractivity contribution < 1.29 is 9.59 Å². The SMILES string of the molecule is O=C=NC(=O)CC1CCSCC1. The van der Waals surface area contributed by atoms with Gasteiger partial charge in [-0.1, -0.05) is 0 Å². The Bertz CT molecular complexity index is 205. The molecule has 0 bridgehead atoms. The summed E-state index contributed by atoms with van der Waals surface area (Å²) in [4.78, 5) is 23.7. The lowest BCUT2D eigenvalue weighted by Crippen LogP contribution is -2.13. The first-order chi connectivity index (χ1) is 5.83. The fraction of sp³-hybridized carbons (Fsp3) is 0.750. The first-order valence-electron chi connectivity index (χ1n) is 4.01. The van der Waals surface area contributed by atoms with E-state index in [4.69, 9.17) is 0 Å². The maximum Gasteiger partial charge on any atom is 0.256 e. The molecule has 3 nitrogen and oxygen atoms in total. The molecule has 1 heterocycles. The van der Waals surface area contributed by atoms with E-state index >= 15 is 0 Å². The molecule has 1 rings (SSSR count). The summed E-state index contributed by atoms with van der Waals surface area (Å²) >= 11 is 1.92. The maximum atomic E-state index is 10.9. The number of carbonyl (C=O) groups excluding carboxylic acids is 2. The quantitative estimate of drug-likeness (QED) is 0.482. The van der Waals surface area contributed by atoms with Crippen LogP contribution in [0.15, 0.2) is 4.99 Å². The number of amides is 1. The van der Waals surface area contributed by atoms with Crippen LogP contribution in [0.4, 0.5) is 0 Å². The highest BCUT2D eigenvalue weighted by Crippen LogP contribution is 2.25. The molecule has 1 aliphatic heterocycles. The molecule has 0 spiro atoms. The Labute approximate surface area is 75.6 Å². The Balaban J connectivity index is 2.29. The molecule has 0 atom stereocenters. The summed E-state index contributed by atoms with van der Waals surface area (Å²) in [5.74, 6) is 2.38. The predicted molar refractivity (Wildman–Crippen MR) is 47.8 cm³/mol. The first-order valence-corrected chi connectivity index (χ1v) is 5.17. The van der Waals surface area contributed by atoms with Gasteiger partial charge in [-0.2, -0.15) is 11.8 Å². The van der Waals surface area contributed by atoms with Crippen molar-refractivity contribution in [1.29, 1.82) is 0 Å². The number of hydrogen-bond acceptors (Lipinski definition) is 3. The van der Waals surface area contributed by atoms with Gasteiger partial charge in [0.15, 0.2) is 0 Å². The number of thioether (sulfide) groups is 1. The van der Waals surface area contributed by atoms with E-state index in [1.165, 1.54) is 6.08 Å². The second kappa shape index (κ2) is 5.12. The summed E-state index contributed by atoms with van der Waals surface area (Å²) < 4.78 is 0. The fourth-order valence-electron chi connectivity index (χ4n) is 1.29. The van der Waals surface area contributed by atoms with Crippen LogP contribution in [-0.4, -0.2) is 23.5 Å². The van der Waals surface area contributed by atoms with Crippen molar-refractivity contribution in [2.45, 2.75) is 19.3 Å². The highest BCUT2D eigenvalue weighted by Gasteiger charge is 2.16. The monoisotopic (exact) mass is 185 g/mol. The zero-order valence-corrected chi connectivity index (χ0v) is 7.60. The van der Waals surface area contributed by atoms with Gasteiger partial charge in [0.1, 0.15) is 0 Å². The molecule has 12 heavy (non-hydrogen) atoms. The lowest BCUT2D eigenvalue weighted by atomic mass is 9.99. The van der Waals surface area contributed by atoms with Gasteiger partial charge in [-0.15, -0.1) is 4.99 Å². The summed E-state index contributed by atoms with van der Waals surface area (Å²) in [6.45, 7) is 0. The Hall–Kier alpha value is -0.600. The molecule has 0 aliphatic carbocycles. The van der Waals surface area contributed by atoms with Crippen molar-refractivity contribution in [2.24, 2.45) is 10.9 Å². The van der Waals surface area contributed by atoms with Crippen molar-refractivity contribution in [1.82, 2.24) is 0 Å². The molecule has 0 aromatic rings. The van der Waals surface area contributed by atoms with Crippen LogP contribution in [0.5, 0.6) is 0 Å². The second-order valence-corrected chi connectivity index (χ2v) is 4.08. The van der Waals surface area contributed by atoms with Gasteiger partial charge in [0, 0.05) is 6.42 Å². The molecule has 0 unspecified atom stereocenters. The number of aliphatic imine (C=N–C) groups is 1. The molecule has 0 N–H and O–H groups in total. The highest BCUT2D eigenvalue weighted by molar-refractivity contribution is 7.99. The van der Waals surface area contributed by atoms with E-state index in [1.54, 1.807) is 0 Å². The molecular formula is C8H11NO2S. The summed E-state index contributed by atoms with van der Waals surface area (Å²) in [7, 11) is 0. The molecule has 0 saturated carbocycles. The predicted octanol–water partition coefficient (Wildman–Crippen LogP) is 1.38. The van der Waals surface area contributed by atoms with Gasteiger partial charge in [0.25, 0.3) is 5.91 Å². The van der Waals surface area contributed by atoms with Crippen molar-refractivity contribution in [3.8, 4) is 0 Å². The Kier molecular flexibility index (Phi) is 4.05. The number of isocyanates is 1. The van der Waals surface area contributed by atoms with Crippen molar-refractivity contribution in [3.05, 3.63) is 0 Å². The molecule has 1 saturated heterocycles. The fourth-order valence-corrected chi connectivity index (χ4v) is 2.50. The van der Waals surface area contributed by atoms with Gasteiger partial charge in [-0.3, -0.25) is 4.79 Å². The highest BCUT2D eigenvalue weighted by atomic mass is 32.2. The van der Waals surface area contributed by atoms with E-state index in [1.807, 2.05) is 11.8 Å². The third kappa shape index (κ3) is 3.20. The Morgan fingerprint density at radius 3 is 2.75 bits per heavy atom. The van der Waals surface area contributed by atoms with Crippen molar-refractivity contribution >= 4 is 23.7 Å². The van der Waals surface area contributed by atoms with Gasteiger partial charge in [0.05, 0.1) is 0 Å². The second-order valence-electron chi connectivity index (χ2n) is 2.86. The normalized spacial score (nSPS) is 18.3. The average Bonchev–Trinajstić information content (AvgIpc) is 2.06. The summed E-state index contributed by atoms with van der Waals surface area (Å²) in [6, 6.07) is 0. The third-order valence-electron chi connectivity index (χ3n) is 1.97. The third-order valence-corrected chi connectivity index (χ3v) is 3.02. The smallest absolute Gasteiger partial charge is 0.256 e. The molecule has 4 heteroatoms. The first kappa shape index (κ1) is 9.49. The molecule has 0 aromatic heterocycles. The zero-order valence-electron chi connectivity index (χ0n) is 6.78. The van der Waals surface area contributed by atoms with Crippen LogP contribution in [0.2, 0.25) is 0 Å². The van der Waals surface area contributed by atoms with Crippen LogP contribution >= 0.6 is 11.8 Å². The van der Waals surface area contributed by atoms with Gasteiger partial charge in [-0.05, 0) is 30.3 Å². The number of hydrogen-bond donors (Lipinski definition) is 0. The van der Waals surface area contributed by atoms with Crippen LogP contribution in [0.3, 0.4) is 0 Å². The van der Waals surface area contributed by atoms with Crippen LogP contribution in [0.25, 0.3) is 0 Å². The molecule has 1 fully saturated rings. The minimum atomic E-state index is -0.318. The maximum absolute atomic E-state index is 10.9. The van der Waals surface area contributed by atoms with Gasteiger partial charge >= 0.3 is 0 Å². The van der Waals surface area contributed by atoms with E-state index in [0.717, 1.165) is 24.3 Å². The van der Waals surface area contributed by atoms with Gasteiger partial charge in [0.2, 0.25) is 6.08 Å². The topological polar surface area (TPSA) is 46.5 Å². The molecule has 66 valence electrons. The van der Waals surface area contributed by atoms with E-state index in [9.17, 15) is 9.59 Å². The zero-order chi connectivity index (χ0) is 8.81. The summed E-state index contributed by atoms with van der Waals surface area (Å²) in [5, 5.41) is 0. The summed E-state index contributed by atoms with van der Waals surface area (Å²) in [6.07, 6.45) is 3.85. The standard InChI is InChI=1S/C8H11NO2S/c10-6-9-8(11)5-7-1-3-12-4-2-7/h7H,1-5H2. The molecule has 0 radical (unpaired) electrons. The minimum absolute atomic E-state index is 0.318. The molecule has 1 amide bonds. The van der Waals surface area contributed by atoms with Crippen LogP contribution in [-0.2, 0) is 9.59 Å².